The molecule has 0 aromatic heterocycles. The summed E-state index contributed by atoms with van der Waals surface area (Å²) in [6, 6.07) is 17.5. The maximum Gasteiger partial charge on any atom is 0.0110 e. The lowest BCUT2D eigenvalue weighted by Crippen LogP contribution is -2.46. The normalized spacial score (nSPS) is 13.0. The standard InChI is InChI=1S/C10H22N2.C10H24N2.2C10H14.C7H17N/c1-3-5-11-7-9-12(6-4-2)10-8-11;1-5-7-11(3)9-10-12(4)8-6-2;1-3-9-5-7-10(4-2)8-6-9;1-3-9-7-5-6-8-10(9)4-2;1-4-6-8(3)7-5-2/h3-10H2,1-2H3;5-10H2,1-4H3;2*5-8H,3-4H2,1-2H3;4-7H2,1-3H3. The molecule has 52 heavy (non-hydrogen) atoms. The molecule has 1 saturated heterocycles. The molecule has 2 aromatic carbocycles. The molecule has 0 aliphatic carbocycles. The van der Waals surface area contributed by atoms with Crippen LogP contribution < -0.4 is 0 Å². The van der Waals surface area contributed by atoms with E-state index in [1.807, 2.05) is 0 Å². The van der Waals surface area contributed by atoms with Gasteiger partial charge in [0.15, 0.2) is 0 Å². The number of benzene rings is 2. The second-order valence-electron chi connectivity index (χ2n) is 14.6. The Kier molecular flexibility index (Phi) is 37.8. The van der Waals surface area contributed by atoms with Gasteiger partial charge in [-0.2, -0.15) is 0 Å². The van der Waals surface area contributed by atoms with Crippen LogP contribution in [0.3, 0.4) is 0 Å². The zero-order chi connectivity index (χ0) is 39.4. The molecular formula is C47H91N5. The lowest BCUT2D eigenvalue weighted by molar-refractivity contribution is 0.133. The Morgan fingerprint density at radius 3 is 0.904 bits per heavy atom. The van der Waals surface area contributed by atoms with Crippen LogP contribution in [0.1, 0.15) is 130 Å². The number of piperazine rings is 1. The molecule has 0 saturated carbocycles. The zero-order valence-corrected chi connectivity index (χ0v) is 37.4. The maximum atomic E-state index is 2.58. The molecule has 0 unspecified atom stereocenters. The molecule has 0 N–H and O–H groups in total. The molecule has 2 aromatic rings. The summed E-state index contributed by atoms with van der Waals surface area (Å²) in [7, 11) is 6.57. The van der Waals surface area contributed by atoms with Crippen LogP contribution in [-0.4, -0.2) is 124 Å². The zero-order valence-electron chi connectivity index (χ0n) is 37.4. The summed E-state index contributed by atoms with van der Waals surface area (Å²) in [4.78, 5) is 12.3. The van der Waals surface area contributed by atoms with Crippen molar-refractivity contribution in [2.24, 2.45) is 0 Å². The highest BCUT2D eigenvalue weighted by Crippen LogP contribution is 2.09. The highest BCUT2D eigenvalue weighted by atomic mass is 15.3. The highest BCUT2D eigenvalue weighted by molar-refractivity contribution is 5.26. The Bertz CT molecular complexity index is 908. The fraction of sp³-hybridized carbons (Fsp3) is 0.745. The number of aryl methyl sites for hydroxylation is 4. The number of nitrogens with zero attached hydrogens (tertiary/aromatic N) is 5. The van der Waals surface area contributed by atoms with E-state index in [4.69, 9.17) is 0 Å². The van der Waals surface area contributed by atoms with E-state index in [2.05, 4.69) is 163 Å². The van der Waals surface area contributed by atoms with Crippen molar-refractivity contribution in [1.82, 2.24) is 24.5 Å². The van der Waals surface area contributed by atoms with Crippen LogP contribution in [0.15, 0.2) is 48.5 Å². The minimum atomic E-state index is 1.14. The van der Waals surface area contributed by atoms with Gasteiger partial charge >= 0.3 is 0 Å². The SMILES string of the molecule is CCCN(C)CCC.CCCN(C)CCN(C)CCC.CCCN1CCN(CCC)CC1.CCc1ccc(CC)cc1.CCc1ccccc1CC. The smallest absolute Gasteiger partial charge is 0.0110 e. The van der Waals surface area contributed by atoms with Crippen molar-refractivity contribution in [2.75, 3.05) is 99.7 Å². The van der Waals surface area contributed by atoms with Crippen LogP contribution in [0.2, 0.25) is 0 Å². The van der Waals surface area contributed by atoms with Gasteiger partial charge in [-0.1, -0.05) is 118 Å². The summed E-state index contributed by atoms with van der Waals surface area (Å²) in [5.41, 5.74) is 5.84. The van der Waals surface area contributed by atoms with Gasteiger partial charge in [0, 0.05) is 39.3 Å². The van der Waals surface area contributed by atoms with Crippen molar-refractivity contribution in [1.29, 1.82) is 0 Å². The Morgan fingerprint density at radius 1 is 0.385 bits per heavy atom. The molecule has 0 bridgehead atoms. The second-order valence-corrected chi connectivity index (χ2v) is 14.6. The molecule has 5 nitrogen and oxygen atoms in total. The third-order valence-corrected chi connectivity index (χ3v) is 9.55. The van der Waals surface area contributed by atoms with Crippen molar-refractivity contribution in [2.45, 2.75) is 133 Å². The Morgan fingerprint density at radius 2 is 0.673 bits per heavy atom. The van der Waals surface area contributed by atoms with Crippen molar-refractivity contribution in [3.8, 4) is 0 Å². The Balaban J connectivity index is 0. The molecule has 304 valence electrons. The Labute approximate surface area is 327 Å². The van der Waals surface area contributed by atoms with Gasteiger partial charge in [0.25, 0.3) is 0 Å². The van der Waals surface area contributed by atoms with E-state index >= 15 is 0 Å². The molecule has 0 amide bonds. The fourth-order valence-electron chi connectivity index (χ4n) is 6.33. The van der Waals surface area contributed by atoms with E-state index < -0.39 is 0 Å². The summed E-state index contributed by atoms with van der Waals surface area (Å²) in [5, 5.41) is 0. The molecule has 1 fully saturated rings. The van der Waals surface area contributed by atoms with Crippen LogP contribution in [0, 0.1) is 0 Å². The minimum Gasteiger partial charge on any atom is -0.306 e. The van der Waals surface area contributed by atoms with Crippen LogP contribution in [0.25, 0.3) is 0 Å². The van der Waals surface area contributed by atoms with Crippen LogP contribution in [-0.2, 0) is 25.7 Å². The molecule has 0 atom stereocenters. The lowest BCUT2D eigenvalue weighted by atomic mass is 10.0. The second kappa shape index (κ2) is 37.6. The van der Waals surface area contributed by atoms with Crippen molar-refractivity contribution in [3.05, 3.63) is 70.8 Å². The van der Waals surface area contributed by atoms with Gasteiger partial charge in [-0.05, 0) is 147 Å². The monoisotopic (exact) mass is 726 g/mol. The van der Waals surface area contributed by atoms with Gasteiger partial charge < -0.3 is 24.5 Å². The minimum absolute atomic E-state index is 1.14. The molecule has 1 aliphatic heterocycles. The van der Waals surface area contributed by atoms with Gasteiger partial charge in [-0.3, -0.25) is 0 Å². The molecule has 0 spiro atoms. The van der Waals surface area contributed by atoms with Gasteiger partial charge in [0.1, 0.15) is 0 Å². The summed E-state index contributed by atoms with van der Waals surface area (Å²) in [5.74, 6) is 0. The summed E-state index contributed by atoms with van der Waals surface area (Å²) in [6.45, 7) is 37.2. The van der Waals surface area contributed by atoms with Gasteiger partial charge in [0.2, 0.25) is 0 Å². The fourth-order valence-corrected chi connectivity index (χ4v) is 6.33. The topological polar surface area (TPSA) is 16.2 Å². The molecular weight excluding hydrogens is 635 g/mol. The van der Waals surface area contributed by atoms with Crippen LogP contribution in [0.4, 0.5) is 0 Å². The van der Waals surface area contributed by atoms with E-state index in [9.17, 15) is 0 Å². The summed E-state index contributed by atoms with van der Waals surface area (Å²) >= 11 is 0. The van der Waals surface area contributed by atoms with Crippen molar-refractivity contribution in [3.63, 3.8) is 0 Å². The van der Waals surface area contributed by atoms with E-state index in [0.29, 0.717) is 0 Å². The highest BCUT2D eigenvalue weighted by Gasteiger charge is 2.14. The van der Waals surface area contributed by atoms with E-state index in [1.165, 1.54) is 139 Å². The predicted molar refractivity (Wildman–Crippen MR) is 238 cm³/mol. The first kappa shape index (κ1) is 52.3. The Hall–Kier alpha value is -1.76. The van der Waals surface area contributed by atoms with Crippen LogP contribution in [0.5, 0.6) is 0 Å². The largest absolute Gasteiger partial charge is 0.306 e. The number of likely N-dealkylation sites (N-methyl/N-ethyl adjacent to an activating group) is 2. The third kappa shape index (κ3) is 29.7. The quantitative estimate of drug-likeness (QED) is 0.143. The first-order chi connectivity index (χ1) is 25.1. The molecule has 3 rings (SSSR count). The van der Waals surface area contributed by atoms with E-state index in [1.54, 1.807) is 0 Å². The summed E-state index contributed by atoms with van der Waals surface area (Å²) < 4.78 is 0. The molecule has 0 radical (unpaired) electrons. The van der Waals surface area contributed by atoms with E-state index in [-0.39, 0.29) is 0 Å². The van der Waals surface area contributed by atoms with Gasteiger partial charge in [-0.15, -0.1) is 0 Å². The van der Waals surface area contributed by atoms with Crippen LogP contribution >= 0.6 is 0 Å². The van der Waals surface area contributed by atoms with E-state index in [0.717, 1.165) is 25.7 Å². The molecule has 1 aliphatic rings. The first-order valence-electron chi connectivity index (χ1n) is 21.8. The third-order valence-electron chi connectivity index (χ3n) is 9.55. The predicted octanol–water partition coefficient (Wildman–Crippen LogP) is 10.5. The molecule has 5 heteroatoms. The van der Waals surface area contributed by atoms with Gasteiger partial charge in [0.05, 0.1) is 0 Å². The maximum absolute atomic E-state index is 2.58. The molecule has 1 heterocycles. The number of hydrogen-bond acceptors (Lipinski definition) is 5. The lowest BCUT2D eigenvalue weighted by Gasteiger charge is -2.34. The van der Waals surface area contributed by atoms with Gasteiger partial charge in [-0.25, -0.2) is 0 Å². The number of hydrogen-bond donors (Lipinski definition) is 0. The average molecular weight is 726 g/mol. The van der Waals surface area contributed by atoms with Crippen molar-refractivity contribution < 1.29 is 0 Å². The number of rotatable bonds is 19. The first-order valence-corrected chi connectivity index (χ1v) is 21.8. The average Bonchev–Trinajstić information content (AvgIpc) is 3.16. The van der Waals surface area contributed by atoms with Crippen molar-refractivity contribution >= 4 is 0 Å². The summed E-state index contributed by atoms with van der Waals surface area (Å²) in [6.07, 6.45) is 12.3.